The van der Waals surface area contributed by atoms with Crippen LogP contribution in [0.15, 0.2) is 11.3 Å². The Morgan fingerprint density at radius 2 is 2.17 bits per heavy atom. The number of halogens is 2. The fourth-order valence-electron chi connectivity index (χ4n) is 4.84. The molecule has 6 nitrogen and oxygen atoms in total. The highest BCUT2D eigenvalue weighted by molar-refractivity contribution is 14.1. The second kappa shape index (κ2) is 5.78. The lowest BCUT2D eigenvalue weighted by molar-refractivity contribution is -0.556. The zero-order valence-electron chi connectivity index (χ0n) is 13.3. The van der Waals surface area contributed by atoms with Gasteiger partial charge in [-0.2, -0.15) is 0 Å². The molecule has 0 amide bonds. The van der Waals surface area contributed by atoms with Crippen LogP contribution in [0.4, 0.5) is 4.39 Å². The zero-order valence-corrected chi connectivity index (χ0v) is 15.5. The number of hydrogen-bond acceptors (Lipinski definition) is 5. The highest BCUT2D eigenvalue weighted by Crippen LogP contribution is 2.60. The molecule has 3 saturated heterocycles. The quantitative estimate of drug-likeness (QED) is 0.402. The van der Waals surface area contributed by atoms with Gasteiger partial charge in [-0.25, -0.2) is 19.0 Å². The number of ether oxygens (including phenoxy) is 2. The summed E-state index contributed by atoms with van der Waals surface area (Å²) in [5.74, 6) is -2.33. The maximum atomic E-state index is 13.5. The molecule has 5 aliphatic rings. The molecule has 24 heavy (non-hydrogen) atoms. The maximum absolute atomic E-state index is 13.5. The van der Waals surface area contributed by atoms with Crippen molar-refractivity contribution in [2.75, 3.05) is 11.1 Å². The SMILES string of the molecule is C[C@]12CCC3[C@H](CI)CC[C@H]4C(C(=O)O)=C(CF)O[C@H](O1)[C@@]34OO2. The number of aliphatic carboxylic acids is 1. The van der Waals surface area contributed by atoms with Gasteiger partial charge in [-0.05, 0) is 32.1 Å². The van der Waals surface area contributed by atoms with Gasteiger partial charge in [-0.1, -0.05) is 22.6 Å². The minimum absolute atomic E-state index is 0.0247. The van der Waals surface area contributed by atoms with Gasteiger partial charge in [0.1, 0.15) is 12.4 Å². The van der Waals surface area contributed by atoms with Crippen LogP contribution in [0.5, 0.6) is 0 Å². The van der Waals surface area contributed by atoms with E-state index in [4.69, 9.17) is 19.2 Å². The molecular weight excluding hydrogens is 434 g/mol. The summed E-state index contributed by atoms with van der Waals surface area (Å²) >= 11 is 2.36. The standard InChI is InChI=1S/C16H20FIO6/c1-15-5-4-9-8(7-18)2-3-10-12(13(19)20)11(6-17)21-14(22-15)16(9,10)24-23-15/h8-10,14H,2-7H2,1H3,(H,19,20)/t8-,9?,10-,14+,15-,16+/m0/s1. The summed E-state index contributed by atoms with van der Waals surface area (Å²) in [6, 6.07) is 0. The summed E-state index contributed by atoms with van der Waals surface area (Å²) in [7, 11) is 0. The van der Waals surface area contributed by atoms with Gasteiger partial charge in [0.15, 0.2) is 5.60 Å². The minimum atomic E-state index is -1.16. The first-order chi connectivity index (χ1) is 11.4. The lowest BCUT2D eigenvalue weighted by Gasteiger charge is -2.57. The molecule has 0 aromatic heterocycles. The van der Waals surface area contributed by atoms with Crippen molar-refractivity contribution in [3.8, 4) is 0 Å². The van der Waals surface area contributed by atoms with Crippen LogP contribution in [-0.2, 0) is 24.0 Å². The molecular formula is C16H20FIO6. The Morgan fingerprint density at radius 3 is 2.83 bits per heavy atom. The monoisotopic (exact) mass is 454 g/mol. The lowest BCUT2D eigenvalue weighted by Crippen LogP contribution is -2.67. The average molecular weight is 454 g/mol. The van der Waals surface area contributed by atoms with Crippen LogP contribution in [0.25, 0.3) is 0 Å². The molecule has 134 valence electrons. The normalized spacial score (nSPS) is 47.0. The molecule has 5 rings (SSSR count). The first-order valence-corrected chi connectivity index (χ1v) is 9.77. The molecule has 0 aromatic carbocycles. The van der Waals surface area contributed by atoms with Crippen molar-refractivity contribution in [2.45, 2.75) is 50.3 Å². The van der Waals surface area contributed by atoms with Gasteiger partial charge in [-0.15, -0.1) is 0 Å². The third-order valence-corrected chi connectivity index (χ3v) is 7.10. The van der Waals surface area contributed by atoms with E-state index < -0.39 is 36.2 Å². The molecule has 4 aliphatic heterocycles. The first-order valence-electron chi connectivity index (χ1n) is 8.24. The maximum Gasteiger partial charge on any atom is 0.335 e. The molecule has 1 saturated carbocycles. The lowest BCUT2D eigenvalue weighted by atomic mass is 9.59. The summed E-state index contributed by atoms with van der Waals surface area (Å²) in [6.07, 6.45) is 2.07. The Kier molecular flexibility index (Phi) is 4.09. The summed E-state index contributed by atoms with van der Waals surface area (Å²) in [5.41, 5.74) is -1.04. The van der Waals surface area contributed by atoms with Gasteiger partial charge in [0.25, 0.3) is 0 Å². The number of rotatable bonds is 3. The number of carboxylic acids is 1. The Labute approximate surface area is 152 Å². The Hall–Kier alpha value is -0.450. The van der Waals surface area contributed by atoms with Crippen LogP contribution in [0.2, 0.25) is 0 Å². The topological polar surface area (TPSA) is 74.2 Å². The molecule has 4 fully saturated rings. The second-order valence-electron chi connectivity index (χ2n) is 7.19. The van der Waals surface area contributed by atoms with Crippen molar-refractivity contribution in [1.82, 2.24) is 0 Å². The average Bonchev–Trinajstić information content (AvgIpc) is 2.79. The zero-order chi connectivity index (χ0) is 17.1. The second-order valence-corrected chi connectivity index (χ2v) is 8.07. The first kappa shape index (κ1) is 17.0. The Balaban J connectivity index is 1.88. The molecule has 1 N–H and O–H groups in total. The van der Waals surface area contributed by atoms with Crippen LogP contribution in [0, 0.1) is 17.8 Å². The molecule has 1 spiro atoms. The van der Waals surface area contributed by atoms with Gasteiger partial charge in [0.05, 0.1) is 5.57 Å². The van der Waals surface area contributed by atoms with E-state index in [9.17, 15) is 14.3 Å². The molecule has 4 heterocycles. The summed E-state index contributed by atoms with van der Waals surface area (Å²) < 4.78 is 26.1. The minimum Gasteiger partial charge on any atom is -0.478 e. The summed E-state index contributed by atoms with van der Waals surface area (Å²) in [5, 5.41) is 9.67. The van der Waals surface area contributed by atoms with Crippen molar-refractivity contribution in [2.24, 2.45) is 17.8 Å². The Bertz CT molecular complexity index is 597. The van der Waals surface area contributed by atoms with Gasteiger partial charge in [0.2, 0.25) is 12.1 Å². The largest absolute Gasteiger partial charge is 0.478 e. The van der Waals surface area contributed by atoms with Gasteiger partial charge in [-0.3, -0.25) is 0 Å². The smallest absolute Gasteiger partial charge is 0.335 e. The molecule has 6 atom stereocenters. The fourth-order valence-corrected chi connectivity index (χ4v) is 5.89. The number of hydrogen-bond donors (Lipinski definition) is 1. The molecule has 8 heteroatoms. The van der Waals surface area contributed by atoms with Crippen LogP contribution in [0.3, 0.4) is 0 Å². The third kappa shape index (κ3) is 2.18. The van der Waals surface area contributed by atoms with E-state index in [0.717, 1.165) is 17.3 Å². The van der Waals surface area contributed by atoms with Gasteiger partial charge in [0, 0.05) is 22.7 Å². The van der Waals surface area contributed by atoms with Crippen LogP contribution in [0.1, 0.15) is 32.6 Å². The van der Waals surface area contributed by atoms with E-state index in [1.165, 1.54) is 0 Å². The summed E-state index contributed by atoms with van der Waals surface area (Å²) in [4.78, 5) is 23.3. The Morgan fingerprint density at radius 1 is 1.38 bits per heavy atom. The van der Waals surface area contributed by atoms with Crippen molar-refractivity contribution < 1.29 is 33.5 Å². The number of fused-ring (bicyclic) bond motifs is 2. The molecule has 0 radical (unpaired) electrons. The van der Waals surface area contributed by atoms with E-state index in [1.54, 1.807) is 6.92 Å². The van der Waals surface area contributed by atoms with Crippen molar-refractivity contribution >= 4 is 28.6 Å². The molecule has 1 unspecified atom stereocenters. The summed E-state index contributed by atoms with van der Waals surface area (Å²) in [6.45, 7) is 0.812. The highest BCUT2D eigenvalue weighted by atomic mass is 127. The van der Waals surface area contributed by atoms with Crippen LogP contribution < -0.4 is 0 Å². The predicted octanol–water partition coefficient (Wildman–Crippen LogP) is 2.96. The highest BCUT2D eigenvalue weighted by Gasteiger charge is 2.69. The van der Waals surface area contributed by atoms with Crippen molar-refractivity contribution in [1.29, 1.82) is 0 Å². The van der Waals surface area contributed by atoms with Crippen LogP contribution in [-0.4, -0.2) is 39.9 Å². The van der Waals surface area contributed by atoms with Crippen molar-refractivity contribution in [3.05, 3.63) is 11.3 Å². The molecule has 2 bridgehead atoms. The van der Waals surface area contributed by atoms with E-state index >= 15 is 0 Å². The van der Waals surface area contributed by atoms with E-state index in [0.29, 0.717) is 18.8 Å². The third-order valence-electron chi connectivity index (χ3n) is 5.96. The van der Waals surface area contributed by atoms with E-state index in [1.807, 2.05) is 0 Å². The number of carbonyl (C=O) groups is 1. The van der Waals surface area contributed by atoms with Gasteiger partial charge >= 0.3 is 5.97 Å². The van der Waals surface area contributed by atoms with Crippen molar-refractivity contribution in [3.63, 3.8) is 0 Å². The molecule has 0 aromatic rings. The predicted molar refractivity (Wildman–Crippen MR) is 87.7 cm³/mol. The van der Waals surface area contributed by atoms with E-state index in [-0.39, 0.29) is 17.3 Å². The number of allylic oxidation sites excluding steroid dienone is 1. The van der Waals surface area contributed by atoms with E-state index in [2.05, 4.69) is 22.6 Å². The van der Waals surface area contributed by atoms with Gasteiger partial charge < -0.3 is 14.6 Å². The fraction of sp³-hybridized carbons (Fsp3) is 0.812. The van der Waals surface area contributed by atoms with Crippen LogP contribution >= 0.6 is 22.6 Å². The number of carboxylic acid groups (broad SMARTS) is 1. The number of alkyl halides is 2. The molecule has 1 aliphatic carbocycles.